The lowest BCUT2D eigenvalue weighted by Crippen LogP contribution is -2.46. The SMILES string of the molecule is O=C(Cc1csc(N2CCCNC2=O)n1)Nc1cccc(C(O)C(F)(F)F)c1. The highest BCUT2D eigenvalue weighted by Crippen LogP contribution is 2.33. The van der Waals surface area contributed by atoms with Crippen molar-refractivity contribution in [1.29, 1.82) is 0 Å². The van der Waals surface area contributed by atoms with Crippen molar-refractivity contribution in [3.8, 4) is 0 Å². The Hall–Kier alpha value is -2.66. The van der Waals surface area contributed by atoms with Crippen molar-refractivity contribution in [2.24, 2.45) is 0 Å². The van der Waals surface area contributed by atoms with Crippen LogP contribution in [0.2, 0.25) is 0 Å². The van der Waals surface area contributed by atoms with Gasteiger partial charge in [0.15, 0.2) is 11.2 Å². The molecule has 0 radical (unpaired) electrons. The molecule has 2 heterocycles. The predicted octanol–water partition coefficient (Wildman–Crippen LogP) is 2.84. The number of alkyl halides is 3. The third-order valence-electron chi connectivity index (χ3n) is 3.99. The standard InChI is InChI=1S/C17H17F3N4O3S/c18-17(19,20)14(26)10-3-1-4-11(7-10)22-13(25)8-12-9-28-16(23-12)24-6-2-5-21-15(24)27/h1,3-4,7,9,14,26H,2,5-6,8H2,(H,21,27)(H,22,25). The fourth-order valence-corrected chi connectivity index (χ4v) is 3.51. The van der Waals surface area contributed by atoms with Gasteiger partial charge in [-0.15, -0.1) is 11.3 Å². The molecule has 1 aromatic carbocycles. The van der Waals surface area contributed by atoms with E-state index in [1.54, 1.807) is 5.38 Å². The maximum Gasteiger partial charge on any atom is 0.418 e. The minimum atomic E-state index is -4.79. The van der Waals surface area contributed by atoms with Crippen LogP contribution in [0.3, 0.4) is 0 Å². The number of anilines is 2. The molecule has 2 aromatic rings. The van der Waals surface area contributed by atoms with Crippen LogP contribution in [0.25, 0.3) is 0 Å². The van der Waals surface area contributed by atoms with Gasteiger partial charge in [0, 0.05) is 24.2 Å². The van der Waals surface area contributed by atoms with Crippen LogP contribution in [-0.4, -0.2) is 41.3 Å². The van der Waals surface area contributed by atoms with E-state index < -0.39 is 18.2 Å². The minimum Gasteiger partial charge on any atom is -0.379 e. The van der Waals surface area contributed by atoms with Crippen LogP contribution in [0.1, 0.15) is 23.8 Å². The zero-order valence-corrected chi connectivity index (χ0v) is 15.3. The number of carbonyl (C=O) groups is 2. The molecule has 28 heavy (non-hydrogen) atoms. The number of carbonyl (C=O) groups excluding carboxylic acids is 2. The second kappa shape index (κ2) is 8.15. The number of aliphatic hydroxyl groups is 1. The third kappa shape index (κ3) is 4.78. The molecule has 3 rings (SSSR count). The molecule has 11 heteroatoms. The first kappa shape index (κ1) is 20.1. The number of hydrogen-bond acceptors (Lipinski definition) is 5. The van der Waals surface area contributed by atoms with Gasteiger partial charge in [-0.05, 0) is 24.1 Å². The van der Waals surface area contributed by atoms with Gasteiger partial charge in [0.2, 0.25) is 5.91 Å². The number of thiazole rings is 1. The Kier molecular flexibility index (Phi) is 5.84. The van der Waals surface area contributed by atoms with Crippen LogP contribution < -0.4 is 15.5 Å². The Balaban J connectivity index is 1.63. The first-order chi connectivity index (χ1) is 13.2. The molecule has 0 aliphatic carbocycles. The van der Waals surface area contributed by atoms with E-state index in [-0.39, 0.29) is 23.7 Å². The van der Waals surface area contributed by atoms with Crippen LogP contribution in [0.15, 0.2) is 29.6 Å². The molecular weight excluding hydrogens is 397 g/mol. The van der Waals surface area contributed by atoms with Crippen molar-refractivity contribution in [3.63, 3.8) is 0 Å². The summed E-state index contributed by atoms with van der Waals surface area (Å²) in [6.45, 7) is 1.15. The fourth-order valence-electron chi connectivity index (χ4n) is 2.66. The first-order valence-corrected chi connectivity index (χ1v) is 9.26. The Morgan fingerprint density at radius 3 is 2.93 bits per heavy atom. The van der Waals surface area contributed by atoms with E-state index in [1.165, 1.54) is 28.4 Å². The summed E-state index contributed by atoms with van der Waals surface area (Å²) in [5.74, 6) is -0.474. The summed E-state index contributed by atoms with van der Waals surface area (Å²) in [7, 11) is 0. The van der Waals surface area contributed by atoms with E-state index in [0.717, 1.165) is 18.6 Å². The lowest BCUT2D eigenvalue weighted by molar-refractivity contribution is -0.206. The minimum absolute atomic E-state index is 0.0992. The van der Waals surface area contributed by atoms with E-state index in [4.69, 9.17) is 0 Å². The first-order valence-electron chi connectivity index (χ1n) is 8.38. The number of benzene rings is 1. The summed E-state index contributed by atoms with van der Waals surface area (Å²) in [5, 5.41) is 16.7. The average molecular weight is 414 g/mol. The number of hydrogen-bond donors (Lipinski definition) is 3. The lowest BCUT2D eigenvalue weighted by atomic mass is 10.1. The molecule has 1 aliphatic rings. The van der Waals surface area contributed by atoms with Gasteiger partial charge in [-0.2, -0.15) is 13.2 Å². The molecule has 7 nitrogen and oxygen atoms in total. The summed E-state index contributed by atoms with van der Waals surface area (Å²) >= 11 is 1.23. The van der Waals surface area contributed by atoms with Gasteiger partial charge >= 0.3 is 12.2 Å². The van der Waals surface area contributed by atoms with Gasteiger partial charge in [0.1, 0.15) is 0 Å². The van der Waals surface area contributed by atoms with Crippen LogP contribution >= 0.6 is 11.3 Å². The molecule has 1 unspecified atom stereocenters. The van der Waals surface area contributed by atoms with E-state index in [9.17, 15) is 27.9 Å². The maximum absolute atomic E-state index is 12.6. The molecule has 1 aromatic heterocycles. The number of nitrogens with zero attached hydrogens (tertiary/aromatic N) is 2. The number of halogens is 3. The Bertz CT molecular complexity index is 871. The zero-order valence-electron chi connectivity index (χ0n) is 14.5. The normalized spacial score (nSPS) is 15.9. The van der Waals surface area contributed by atoms with Crippen LogP contribution in [0.4, 0.5) is 28.8 Å². The lowest BCUT2D eigenvalue weighted by Gasteiger charge is -2.24. The molecule has 0 bridgehead atoms. The molecule has 3 amide bonds. The number of urea groups is 1. The summed E-state index contributed by atoms with van der Waals surface area (Å²) in [6.07, 6.45) is -6.72. The van der Waals surface area contributed by atoms with Crippen molar-refractivity contribution in [3.05, 3.63) is 40.9 Å². The zero-order chi connectivity index (χ0) is 20.3. The van der Waals surface area contributed by atoms with E-state index in [2.05, 4.69) is 15.6 Å². The second-order valence-electron chi connectivity index (χ2n) is 6.15. The van der Waals surface area contributed by atoms with Crippen molar-refractivity contribution in [2.75, 3.05) is 23.3 Å². The molecule has 150 valence electrons. The van der Waals surface area contributed by atoms with Gasteiger partial charge < -0.3 is 15.7 Å². The number of aliphatic hydroxyl groups excluding tert-OH is 1. The smallest absolute Gasteiger partial charge is 0.379 e. The molecular formula is C17H17F3N4O3S. The van der Waals surface area contributed by atoms with Gasteiger partial charge in [-0.1, -0.05) is 12.1 Å². The number of rotatable bonds is 5. The number of nitrogens with one attached hydrogen (secondary N) is 2. The number of aromatic nitrogens is 1. The largest absolute Gasteiger partial charge is 0.418 e. The van der Waals surface area contributed by atoms with E-state index in [0.29, 0.717) is 23.9 Å². The summed E-state index contributed by atoms with van der Waals surface area (Å²) in [6, 6.07) is 4.70. The summed E-state index contributed by atoms with van der Waals surface area (Å²) in [4.78, 5) is 29.8. The molecule has 3 N–H and O–H groups in total. The van der Waals surface area contributed by atoms with Crippen molar-refractivity contribution in [2.45, 2.75) is 25.1 Å². The highest BCUT2D eigenvalue weighted by Gasteiger charge is 2.39. The monoisotopic (exact) mass is 414 g/mol. The van der Waals surface area contributed by atoms with E-state index >= 15 is 0 Å². The van der Waals surface area contributed by atoms with Gasteiger partial charge in [0.05, 0.1) is 12.1 Å². The Labute approximate surface area is 162 Å². The predicted molar refractivity (Wildman–Crippen MR) is 97.3 cm³/mol. The maximum atomic E-state index is 12.6. The summed E-state index contributed by atoms with van der Waals surface area (Å²) in [5.41, 5.74) is 0.219. The summed E-state index contributed by atoms with van der Waals surface area (Å²) < 4.78 is 37.9. The molecule has 0 saturated carbocycles. The molecule has 0 spiro atoms. The van der Waals surface area contributed by atoms with Crippen LogP contribution in [0.5, 0.6) is 0 Å². The van der Waals surface area contributed by atoms with Crippen molar-refractivity contribution < 1.29 is 27.9 Å². The van der Waals surface area contributed by atoms with Gasteiger partial charge in [0.25, 0.3) is 0 Å². The number of amides is 3. The molecule has 1 fully saturated rings. The highest BCUT2D eigenvalue weighted by molar-refractivity contribution is 7.14. The van der Waals surface area contributed by atoms with Gasteiger partial charge in [-0.25, -0.2) is 9.78 Å². The van der Waals surface area contributed by atoms with E-state index in [1.807, 2.05) is 0 Å². The third-order valence-corrected chi connectivity index (χ3v) is 4.90. The molecule has 1 aliphatic heterocycles. The van der Waals surface area contributed by atoms with Crippen molar-refractivity contribution >= 4 is 34.1 Å². The van der Waals surface area contributed by atoms with Crippen LogP contribution in [-0.2, 0) is 11.2 Å². The molecule has 1 atom stereocenters. The Morgan fingerprint density at radius 1 is 1.43 bits per heavy atom. The highest BCUT2D eigenvalue weighted by atomic mass is 32.1. The quantitative estimate of drug-likeness (QED) is 0.701. The van der Waals surface area contributed by atoms with Gasteiger partial charge in [-0.3, -0.25) is 9.69 Å². The second-order valence-corrected chi connectivity index (χ2v) is 6.99. The fraction of sp³-hybridized carbons (Fsp3) is 0.353. The Morgan fingerprint density at radius 2 is 2.21 bits per heavy atom. The molecule has 1 saturated heterocycles. The average Bonchev–Trinajstić information content (AvgIpc) is 3.09. The van der Waals surface area contributed by atoms with Crippen LogP contribution in [0, 0.1) is 0 Å². The topological polar surface area (TPSA) is 94.6 Å². The van der Waals surface area contributed by atoms with Crippen molar-refractivity contribution in [1.82, 2.24) is 10.3 Å².